The van der Waals surface area contributed by atoms with Crippen LogP contribution in [0.4, 0.5) is 85.7 Å². The predicted octanol–water partition coefficient (Wildman–Crippen LogP) is 18.7. The monoisotopic (exact) mass is 1250 g/mol. The summed E-state index contributed by atoms with van der Waals surface area (Å²) in [7, 11) is 0. The highest BCUT2D eigenvalue weighted by molar-refractivity contribution is 7.33. The Labute approximate surface area is 561 Å². The van der Waals surface area contributed by atoms with Gasteiger partial charge in [-0.15, -0.1) is 11.3 Å². The number of para-hydroxylation sites is 7. The zero-order valence-corrected chi connectivity index (χ0v) is 55.5. The molecule has 95 heavy (non-hydrogen) atoms. The number of benzene rings is 10. The molecule has 4 aliphatic heterocycles. The lowest BCUT2D eigenvalue weighted by atomic mass is 9.32. The van der Waals surface area contributed by atoms with Gasteiger partial charge in [0.2, 0.25) is 5.88 Å². The standard InChI is InChI=1S/C84H69B2N7OS/c1-52-27-15-21-37-65(52)92(66-38-22-16-28-53(66)2)75-50-71-77-81(87-75)91(58-43-44-60-61(47-58)84(7,8)46-45-83(60,5)6)79-59-35-19-26-42-74(59)95-80(79)86(77)64-48-63-69(49-70(64)89(71)56-31-11-9-12-32-56)90(57-33-13-10-14-34-57)72-51-76(88-82-78(72)85(63)62-36-20-25-41-73(62)94-82)93(67-39-23-17-29-54(67)3)68-40-24-18-30-55(68)4/h9-44,47-51H,45-46H2,1-8H3. The van der Waals surface area contributed by atoms with Crippen LogP contribution in [0.2, 0.25) is 0 Å². The molecule has 0 fully saturated rings. The van der Waals surface area contributed by atoms with E-state index in [9.17, 15) is 0 Å². The second-order valence-corrected chi connectivity index (χ2v) is 28.8. The number of ether oxygens (including phenoxy) is 1. The van der Waals surface area contributed by atoms with Crippen molar-refractivity contribution in [1.82, 2.24) is 9.97 Å². The lowest BCUT2D eigenvalue weighted by Gasteiger charge is -2.46. The minimum absolute atomic E-state index is 0.0260. The summed E-state index contributed by atoms with van der Waals surface area (Å²) in [6.45, 7) is 18.0. The van der Waals surface area contributed by atoms with Crippen LogP contribution >= 0.6 is 11.3 Å². The molecule has 0 atom stereocenters. The van der Waals surface area contributed by atoms with E-state index in [-0.39, 0.29) is 24.3 Å². The molecule has 11 heteroatoms. The summed E-state index contributed by atoms with van der Waals surface area (Å²) in [5, 5.41) is 1.21. The highest BCUT2D eigenvalue weighted by Gasteiger charge is 2.51. The van der Waals surface area contributed by atoms with E-state index < -0.39 is 0 Å². The van der Waals surface area contributed by atoms with Gasteiger partial charge in [-0.2, -0.15) is 4.98 Å². The Morgan fingerprint density at radius 3 is 1.47 bits per heavy atom. The molecule has 0 radical (unpaired) electrons. The smallest absolute Gasteiger partial charge is 0.266 e. The van der Waals surface area contributed by atoms with Crippen LogP contribution in [0.5, 0.6) is 11.6 Å². The second kappa shape index (κ2) is 21.5. The lowest BCUT2D eigenvalue weighted by Crippen LogP contribution is -2.64. The molecule has 0 amide bonds. The molecule has 458 valence electrons. The van der Waals surface area contributed by atoms with Crippen molar-refractivity contribution in [3.05, 3.63) is 282 Å². The summed E-state index contributed by atoms with van der Waals surface area (Å²) < 4.78 is 9.79. The molecule has 0 saturated carbocycles. The van der Waals surface area contributed by atoms with Crippen molar-refractivity contribution in [1.29, 1.82) is 0 Å². The van der Waals surface area contributed by atoms with E-state index >= 15 is 0 Å². The van der Waals surface area contributed by atoms with Gasteiger partial charge in [-0.1, -0.05) is 185 Å². The van der Waals surface area contributed by atoms with Gasteiger partial charge in [0.25, 0.3) is 13.4 Å². The van der Waals surface area contributed by atoms with Crippen LogP contribution < -0.4 is 61.3 Å². The Morgan fingerprint density at radius 1 is 0.411 bits per heavy atom. The molecule has 8 nitrogen and oxygen atoms in total. The highest BCUT2D eigenvalue weighted by Crippen LogP contribution is 2.54. The van der Waals surface area contributed by atoms with Crippen LogP contribution in [-0.2, 0) is 10.8 Å². The number of anilines is 15. The van der Waals surface area contributed by atoms with Crippen molar-refractivity contribution in [2.24, 2.45) is 0 Å². The topological polar surface area (TPSA) is 51.2 Å². The molecular formula is C84H69B2N7OS. The quantitative estimate of drug-likeness (QED) is 0.133. The molecular weight excluding hydrogens is 1180 g/mol. The van der Waals surface area contributed by atoms with Gasteiger partial charge < -0.3 is 14.5 Å². The number of hydrogen-bond donors (Lipinski definition) is 0. The summed E-state index contributed by atoms with van der Waals surface area (Å²) in [6.07, 6.45) is 2.23. The SMILES string of the molecule is Cc1ccccc1N(c1cc2c3c(n1)Oc1ccccc1B3c1cc3c(cc1N2c1ccccc1)N(c1ccccc1)c1cc(N(c2ccccc2C)c2ccccc2C)nc2c1B3c1sc3ccccc3c1N2c1ccc2c(c1)C(C)(C)CCC2(C)C)c1ccccc1C. The minimum Gasteiger partial charge on any atom is -0.440 e. The number of fused-ring (bicyclic) bond motifs is 11. The zero-order valence-electron chi connectivity index (χ0n) is 54.7. The van der Waals surface area contributed by atoms with Crippen molar-refractivity contribution < 1.29 is 4.74 Å². The molecule has 18 rings (SSSR count). The van der Waals surface area contributed by atoms with Crippen LogP contribution in [0.1, 0.15) is 73.9 Å². The van der Waals surface area contributed by atoms with Crippen molar-refractivity contribution in [3.63, 3.8) is 0 Å². The van der Waals surface area contributed by atoms with E-state index in [1.165, 1.54) is 48.1 Å². The van der Waals surface area contributed by atoms with Gasteiger partial charge in [-0.05, 0) is 185 Å². The molecule has 7 heterocycles. The van der Waals surface area contributed by atoms with Gasteiger partial charge in [-0.25, -0.2) is 4.98 Å². The molecule has 13 aromatic rings. The number of hydrogen-bond acceptors (Lipinski definition) is 9. The Bertz CT molecular complexity index is 5230. The molecule has 0 saturated heterocycles. The summed E-state index contributed by atoms with van der Waals surface area (Å²) in [5.74, 6) is 3.90. The molecule has 10 aromatic carbocycles. The van der Waals surface area contributed by atoms with Gasteiger partial charge >= 0.3 is 0 Å². The first-order valence-corrected chi connectivity index (χ1v) is 34.2. The molecule has 0 N–H and O–H groups in total. The van der Waals surface area contributed by atoms with E-state index in [0.29, 0.717) is 5.88 Å². The van der Waals surface area contributed by atoms with E-state index in [0.717, 1.165) is 132 Å². The van der Waals surface area contributed by atoms with Gasteiger partial charge in [0, 0.05) is 66.6 Å². The summed E-state index contributed by atoms with van der Waals surface area (Å²) >= 11 is 1.93. The van der Waals surface area contributed by atoms with Crippen LogP contribution in [0, 0.1) is 27.7 Å². The van der Waals surface area contributed by atoms with Gasteiger partial charge in [0.1, 0.15) is 23.2 Å². The maximum atomic E-state index is 7.26. The van der Waals surface area contributed by atoms with Gasteiger partial charge in [-0.3, -0.25) is 14.7 Å². The molecule has 0 bridgehead atoms. The van der Waals surface area contributed by atoms with Crippen molar-refractivity contribution >= 4 is 153 Å². The predicted molar refractivity (Wildman–Crippen MR) is 401 cm³/mol. The first-order valence-electron chi connectivity index (χ1n) is 33.3. The Morgan fingerprint density at radius 2 is 0.895 bits per heavy atom. The van der Waals surface area contributed by atoms with Gasteiger partial charge in [0.05, 0.1) is 34.1 Å². The fraction of sp³-hybridized carbons (Fsp3) is 0.143. The third-order valence-electron chi connectivity index (χ3n) is 21.1. The van der Waals surface area contributed by atoms with E-state index in [4.69, 9.17) is 14.7 Å². The van der Waals surface area contributed by atoms with Crippen molar-refractivity contribution in [2.45, 2.75) is 79.1 Å². The van der Waals surface area contributed by atoms with Crippen molar-refractivity contribution in [2.75, 3.05) is 24.5 Å². The Balaban J connectivity index is 0.969. The lowest BCUT2D eigenvalue weighted by molar-refractivity contribution is 0.332. The fourth-order valence-corrected chi connectivity index (χ4v) is 17.6. The van der Waals surface area contributed by atoms with Crippen LogP contribution in [0.25, 0.3) is 10.1 Å². The number of aromatic nitrogens is 2. The number of rotatable bonds is 9. The average molecular weight is 1250 g/mol. The average Bonchev–Trinajstić information content (AvgIpc) is 1.65. The molecule has 5 aliphatic rings. The molecule has 1 aliphatic carbocycles. The third kappa shape index (κ3) is 8.74. The number of thiophene rings is 1. The summed E-state index contributed by atoms with van der Waals surface area (Å²) in [5.41, 5.74) is 26.0. The Hall–Kier alpha value is -10.6. The third-order valence-corrected chi connectivity index (χ3v) is 22.3. The number of pyridine rings is 2. The maximum Gasteiger partial charge on any atom is 0.266 e. The number of aryl methyl sites for hydroxylation is 4. The zero-order chi connectivity index (χ0) is 64.2. The highest BCUT2D eigenvalue weighted by atomic mass is 32.1. The number of nitrogens with zero attached hydrogens (tertiary/aromatic N) is 7. The van der Waals surface area contributed by atoms with Crippen LogP contribution in [-0.4, -0.2) is 23.4 Å². The van der Waals surface area contributed by atoms with Crippen LogP contribution in [0.3, 0.4) is 0 Å². The first kappa shape index (κ1) is 57.1. The van der Waals surface area contributed by atoms with Gasteiger partial charge in [0.15, 0.2) is 0 Å². The second-order valence-electron chi connectivity index (χ2n) is 27.7. The molecule has 0 spiro atoms. The van der Waals surface area contributed by atoms with E-state index in [1.54, 1.807) is 0 Å². The summed E-state index contributed by atoms with van der Waals surface area (Å²) in [4.78, 5) is 24.4. The minimum atomic E-state index is -0.259. The van der Waals surface area contributed by atoms with Crippen LogP contribution in [0.15, 0.2) is 249 Å². The Kier molecular flexibility index (Phi) is 12.9. The van der Waals surface area contributed by atoms with Crippen molar-refractivity contribution in [3.8, 4) is 11.6 Å². The largest absolute Gasteiger partial charge is 0.440 e. The maximum absolute atomic E-state index is 7.26. The first-order chi connectivity index (χ1) is 46.3. The van der Waals surface area contributed by atoms with E-state index in [2.05, 4.69) is 329 Å². The normalized spacial score (nSPS) is 14.8. The molecule has 3 aromatic heterocycles. The summed E-state index contributed by atoms with van der Waals surface area (Å²) in [6, 6.07) is 91.7. The van der Waals surface area contributed by atoms with E-state index in [1.807, 2.05) is 11.3 Å². The molecule has 0 unspecified atom stereocenters. The fourth-order valence-electron chi connectivity index (χ4n) is 16.2.